The number of hydrogen-bond acceptors (Lipinski definition) is 5. The zero-order valence-electron chi connectivity index (χ0n) is 13.6. The molecule has 24 heavy (non-hydrogen) atoms. The molecule has 0 atom stereocenters. The van der Waals surface area contributed by atoms with Crippen LogP contribution in [0.15, 0.2) is 35.7 Å². The second kappa shape index (κ2) is 8.37. The third kappa shape index (κ3) is 4.20. The van der Waals surface area contributed by atoms with E-state index in [-0.39, 0.29) is 18.6 Å². The number of aliphatic hydroxyl groups is 1. The van der Waals surface area contributed by atoms with Gasteiger partial charge in [-0.1, -0.05) is 30.3 Å². The van der Waals surface area contributed by atoms with E-state index in [0.29, 0.717) is 31.8 Å². The van der Waals surface area contributed by atoms with E-state index in [1.165, 1.54) is 11.3 Å². The van der Waals surface area contributed by atoms with Gasteiger partial charge in [-0.05, 0) is 19.3 Å². The second-order valence-electron chi connectivity index (χ2n) is 5.84. The number of ether oxygens (including phenoxy) is 1. The minimum atomic E-state index is 0.00207. The van der Waals surface area contributed by atoms with Crippen molar-refractivity contribution < 1.29 is 14.6 Å². The monoisotopic (exact) mass is 346 g/mol. The van der Waals surface area contributed by atoms with Crippen molar-refractivity contribution >= 4 is 17.2 Å². The molecule has 1 amide bonds. The molecule has 1 fully saturated rings. The van der Waals surface area contributed by atoms with Crippen molar-refractivity contribution in [3.8, 4) is 10.6 Å². The van der Waals surface area contributed by atoms with Crippen LogP contribution in [0.2, 0.25) is 0 Å². The maximum Gasteiger partial charge on any atom is 0.273 e. The van der Waals surface area contributed by atoms with Crippen LogP contribution < -0.4 is 0 Å². The summed E-state index contributed by atoms with van der Waals surface area (Å²) in [6.45, 7) is 2.13. The first-order valence-corrected chi connectivity index (χ1v) is 9.18. The third-order valence-electron chi connectivity index (χ3n) is 4.13. The largest absolute Gasteiger partial charge is 0.396 e. The van der Waals surface area contributed by atoms with E-state index in [2.05, 4.69) is 4.98 Å². The van der Waals surface area contributed by atoms with E-state index in [1.807, 2.05) is 40.6 Å². The highest BCUT2D eigenvalue weighted by Crippen LogP contribution is 2.24. The lowest BCUT2D eigenvalue weighted by molar-refractivity contribution is 0.00386. The van der Waals surface area contributed by atoms with Crippen molar-refractivity contribution in [1.82, 2.24) is 9.88 Å². The second-order valence-corrected chi connectivity index (χ2v) is 6.70. The van der Waals surface area contributed by atoms with Gasteiger partial charge in [0.1, 0.15) is 10.7 Å². The van der Waals surface area contributed by atoms with Gasteiger partial charge >= 0.3 is 0 Å². The summed E-state index contributed by atoms with van der Waals surface area (Å²) < 4.78 is 5.71. The highest BCUT2D eigenvalue weighted by molar-refractivity contribution is 7.13. The molecule has 0 aliphatic carbocycles. The number of benzene rings is 1. The molecule has 0 spiro atoms. The third-order valence-corrected chi connectivity index (χ3v) is 5.02. The van der Waals surface area contributed by atoms with Crippen LogP contribution in [0.3, 0.4) is 0 Å². The Morgan fingerprint density at radius 2 is 2.04 bits per heavy atom. The van der Waals surface area contributed by atoms with Gasteiger partial charge < -0.3 is 14.7 Å². The average Bonchev–Trinajstić information content (AvgIpc) is 3.13. The molecule has 1 aromatic carbocycles. The van der Waals surface area contributed by atoms with Crippen LogP contribution in [0.25, 0.3) is 10.6 Å². The molecule has 0 unspecified atom stereocenters. The van der Waals surface area contributed by atoms with E-state index in [4.69, 9.17) is 9.84 Å². The van der Waals surface area contributed by atoms with Gasteiger partial charge in [0, 0.05) is 37.2 Å². The van der Waals surface area contributed by atoms with Gasteiger partial charge in [-0.25, -0.2) is 4.98 Å². The zero-order chi connectivity index (χ0) is 16.8. The fourth-order valence-corrected chi connectivity index (χ4v) is 3.59. The fourth-order valence-electron chi connectivity index (χ4n) is 2.79. The smallest absolute Gasteiger partial charge is 0.273 e. The van der Waals surface area contributed by atoms with Crippen molar-refractivity contribution in [1.29, 1.82) is 0 Å². The molecule has 1 aromatic heterocycles. The Labute approximate surface area is 145 Å². The van der Waals surface area contributed by atoms with Crippen molar-refractivity contribution in [3.63, 3.8) is 0 Å². The summed E-state index contributed by atoms with van der Waals surface area (Å²) in [6, 6.07) is 9.92. The number of aromatic nitrogens is 1. The summed E-state index contributed by atoms with van der Waals surface area (Å²) in [4.78, 5) is 19.0. The summed E-state index contributed by atoms with van der Waals surface area (Å²) in [5.41, 5.74) is 1.57. The van der Waals surface area contributed by atoms with Crippen molar-refractivity contribution in [2.75, 3.05) is 26.3 Å². The van der Waals surface area contributed by atoms with Gasteiger partial charge in [-0.15, -0.1) is 11.3 Å². The summed E-state index contributed by atoms with van der Waals surface area (Å²) in [5, 5.41) is 11.5. The zero-order valence-corrected chi connectivity index (χ0v) is 14.4. The average molecular weight is 346 g/mol. The summed E-state index contributed by atoms with van der Waals surface area (Å²) in [7, 11) is 0. The molecule has 2 aromatic rings. The normalized spacial score (nSPS) is 15.6. The number of likely N-dealkylation sites (tertiary alicyclic amines) is 1. The number of carbonyl (C=O) groups is 1. The molecule has 128 valence electrons. The van der Waals surface area contributed by atoms with E-state index < -0.39 is 0 Å². The molecule has 6 heteroatoms. The van der Waals surface area contributed by atoms with Crippen LogP contribution in [0.5, 0.6) is 0 Å². The van der Waals surface area contributed by atoms with Gasteiger partial charge in [0.15, 0.2) is 0 Å². The van der Waals surface area contributed by atoms with Gasteiger partial charge in [0.25, 0.3) is 5.91 Å². The number of thiazole rings is 1. The Morgan fingerprint density at radius 3 is 2.75 bits per heavy atom. The molecular formula is C18H22N2O3S. The number of piperidine rings is 1. The Bertz CT molecular complexity index is 651. The number of carbonyl (C=O) groups excluding carboxylic acids is 1. The predicted molar refractivity (Wildman–Crippen MR) is 94.1 cm³/mol. The molecule has 0 bridgehead atoms. The molecule has 2 heterocycles. The quantitative estimate of drug-likeness (QED) is 0.817. The van der Waals surface area contributed by atoms with Crippen LogP contribution in [0.4, 0.5) is 0 Å². The number of aliphatic hydroxyl groups excluding tert-OH is 1. The van der Waals surface area contributed by atoms with Crippen LogP contribution in [0, 0.1) is 0 Å². The van der Waals surface area contributed by atoms with E-state index in [1.54, 1.807) is 0 Å². The number of amides is 1. The lowest BCUT2D eigenvalue weighted by Crippen LogP contribution is -2.41. The minimum Gasteiger partial charge on any atom is -0.396 e. The summed E-state index contributed by atoms with van der Waals surface area (Å²) >= 11 is 1.50. The topological polar surface area (TPSA) is 62.7 Å². The molecule has 5 nitrogen and oxygen atoms in total. The first kappa shape index (κ1) is 17.1. The van der Waals surface area contributed by atoms with Crippen LogP contribution in [0.1, 0.15) is 29.8 Å². The fraction of sp³-hybridized carbons (Fsp3) is 0.444. The first-order valence-electron chi connectivity index (χ1n) is 8.30. The Balaban J connectivity index is 1.55. The summed E-state index contributed by atoms with van der Waals surface area (Å²) in [6.07, 6.45) is 2.54. The Morgan fingerprint density at radius 1 is 1.29 bits per heavy atom. The minimum absolute atomic E-state index is 0.00207. The van der Waals surface area contributed by atoms with E-state index in [9.17, 15) is 4.79 Å². The first-order chi connectivity index (χ1) is 11.8. The molecule has 1 aliphatic rings. The number of hydrogen-bond donors (Lipinski definition) is 1. The predicted octanol–water partition coefficient (Wildman–Crippen LogP) is 2.81. The van der Waals surface area contributed by atoms with Crippen molar-refractivity contribution in [3.05, 3.63) is 41.4 Å². The van der Waals surface area contributed by atoms with Gasteiger partial charge in [0.2, 0.25) is 0 Å². The molecule has 0 saturated carbocycles. The van der Waals surface area contributed by atoms with Crippen LogP contribution in [-0.4, -0.2) is 53.3 Å². The molecule has 0 radical (unpaired) electrons. The molecule has 1 N–H and O–H groups in total. The van der Waals surface area contributed by atoms with Gasteiger partial charge in [-0.2, -0.15) is 0 Å². The van der Waals surface area contributed by atoms with E-state index >= 15 is 0 Å². The maximum absolute atomic E-state index is 12.6. The standard InChI is InChI=1S/C18H22N2O3S/c21-11-4-12-23-15-7-9-20(10-8-15)18(22)16-13-24-17(19-16)14-5-2-1-3-6-14/h1-3,5-6,13,15,21H,4,7-12H2. The lowest BCUT2D eigenvalue weighted by Gasteiger charge is -2.31. The van der Waals surface area contributed by atoms with Crippen LogP contribution >= 0.6 is 11.3 Å². The van der Waals surface area contributed by atoms with Gasteiger partial charge in [0.05, 0.1) is 6.10 Å². The Hall–Kier alpha value is -1.76. The van der Waals surface area contributed by atoms with Gasteiger partial charge in [-0.3, -0.25) is 4.79 Å². The molecule has 3 rings (SSSR count). The van der Waals surface area contributed by atoms with E-state index in [0.717, 1.165) is 23.4 Å². The molecule has 1 saturated heterocycles. The maximum atomic E-state index is 12.6. The highest BCUT2D eigenvalue weighted by atomic mass is 32.1. The highest BCUT2D eigenvalue weighted by Gasteiger charge is 2.25. The molecular weight excluding hydrogens is 324 g/mol. The molecule has 1 aliphatic heterocycles. The SMILES string of the molecule is O=C(c1csc(-c2ccccc2)n1)N1CCC(OCCCO)CC1. The van der Waals surface area contributed by atoms with Crippen molar-refractivity contribution in [2.45, 2.75) is 25.4 Å². The lowest BCUT2D eigenvalue weighted by atomic mass is 10.1. The number of rotatable bonds is 6. The number of nitrogens with zero attached hydrogens (tertiary/aromatic N) is 2. The van der Waals surface area contributed by atoms with Crippen LogP contribution in [-0.2, 0) is 4.74 Å². The summed E-state index contributed by atoms with van der Waals surface area (Å²) in [5.74, 6) is 0.00207. The van der Waals surface area contributed by atoms with Crippen molar-refractivity contribution in [2.24, 2.45) is 0 Å². The Kier molecular flexibility index (Phi) is 5.96.